The number of carbonyl (C=O) groups is 1. The molecule has 2 fully saturated rings. The van der Waals surface area contributed by atoms with E-state index < -0.39 is 0 Å². The molecule has 1 aliphatic heterocycles. The molecule has 0 spiro atoms. The van der Waals surface area contributed by atoms with Crippen LogP contribution in [0.2, 0.25) is 0 Å². The first-order chi connectivity index (χ1) is 6.66. The number of ether oxygens (including phenoxy) is 1. The number of nitrogens with zero attached hydrogens (tertiary/aromatic N) is 1. The lowest BCUT2D eigenvalue weighted by Crippen LogP contribution is -2.50. The third kappa shape index (κ3) is 1.92. The summed E-state index contributed by atoms with van der Waals surface area (Å²) in [6, 6.07) is 0. The van der Waals surface area contributed by atoms with E-state index in [2.05, 4.69) is 0 Å². The maximum absolute atomic E-state index is 11.9. The molecule has 0 N–H and O–H groups in total. The van der Waals surface area contributed by atoms with Gasteiger partial charge in [0.2, 0.25) is 5.91 Å². The van der Waals surface area contributed by atoms with Gasteiger partial charge in [-0.25, -0.2) is 0 Å². The van der Waals surface area contributed by atoms with Crippen LogP contribution in [0, 0.1) is 5.92 Å². The Bertz CT molecular complexity index is 215. The molecule has 3 nitrogen and oxygen atoms in total. The summed E-state index contributed by atoms with van der Waals surface area (Å²) in [7, 11) is 0. The fraction of sp³-hybridized carbons (Fsp3) is 0.909. The van der Waals surface area contributed by atoms with Crippen LogP contribution in [0.15, 0.2) is 0 Å². The number of carbonyl (C=O) groups excluding carboxylic acids is 1. The first kappa shape index (κ1) is 9.97. The van der Waals surface area contributed by atoms with E-state index in [0.29, 0.717) is 11.8 Å². The number of hydrogen-bond acceptors (Lipinski definition) is 2. The molecular formula is C11H19NO2. The van der Waals surface area contributed by atoms with Crippen LogP contribution in [0.1, 0.15) is 33.1 Å². The van der Waals surface area contributed by atoms with Gasteiger partial charge in [0.1, 0.15) is 0 Å². The summed E-state index contributed by atoms with van der Waals surface area (Å²) in [6.07, 6.45) is 3.81. The molecule has 2 atom stereocenters. The van der Waals surface area contributed by atoms with Crippen molar-refractivity contribution in [3.8, 4) is 0 Å². The molecule has 0 unspecified atom stereocenters. The fourth-order valence-corrected chi connectivity index (χ4v) is 2.27. The molecule has 1 aliphatic carbocycles. The molecule has 2 aliphatic rings. The second kappa shape index (κ2) is 3.89. The maximum atomic E-state index is 11.9. The highest BCUT2D eigenvalue weighted by Gasteiger charge is 2.33. The van der Waals surface area contributed by atoms with Gasteiger partial charge in [-0.1, -0.05) is 6.42 Å². The van der Waals surface area contributed by atoms with Crippen LogP contribution < -0.4 is 0 Å². The van der Waals surface area contributed by atoms with Crippen LogP contribution in [0.3, 0.4) is 0 Å². The number of morpholine rings is 1. The lowest BCUT2D eigenvalue weighted by atomic mass is 9.84. The summed E-state index contributed by atoms with van der Waals surface area (Å²) in [4.78, 5) is 13.9. The van der Waals surface area contributed by atoms with Crippen molar-refractivity contribution in [3.63, 3.8) is 0 Å². The van der Waals surface area contributed by atoms with E-state index in [4.69, 9.17) is 4.74 Å². The topological polar surface area (TPSA) is 29.5 Å². The van der Waals surface area contributed by atoms with E-state index in [1.165, 1.54) is 6.42 Å². The van der Waals surface area contributed by atoms with E-state index in [0.717, 1.165) is 25.9 Å². The monoisotopic (exact) mass is 197 g/mol. The average Bonchev–Trinajstić information content (AvgIpc) is 1.98. The third-order valence-corrected chi connectivity index (χ3v) is 3.19. The summed E-state index contributed by atoms with van der Waals surface area (Å²) < 4.78 is 5.60. The number of hydrogen-bond donors (Lipinski definition) is 0. The summed E-state index contributed by atoms with van der Waals surface area (Å²) in [5.41, 5.74) is 0. The molecule has 0 aromatic rings. The first-order valence-corrected chi connectivity index (χ1v) is 5.61. The zero-order chi connectivity index (χ0) is 10.1. The average molecular weight is 197 g/mol. The highest BCUT2D eigenvalue weighted by atomic mass is 16.5. The van der Waals surface area contributed by atoms with Crippen molar-refractivity contribution in [2.75, 3.05) is 13.1 Å². The summed E-state index contributed by atoms with van der Waals surface area (Å²) in [5.74, 6) is 0.686. The van der Waals surface area contributed by atoms with E-state index in [-0.39, 0.29) is 12.2 Å². The second-order valence-corrected chi connectivity index (χ2v) is 4.63. The largest absolute Gasteiger partial charge is 0.372 e. The van der Waals surface area contributed by atoms with Gasteiger partial charge in [0, 0.05) is 19.0 Å². The van der Waals surface area contributed by atoms with Crippen molar-refractivity contribution < 1.29 is 9.53 Å². The lowest BCUT2D eigenvalue weighted by Gasteiger charge is -2.38. The molecule has 3 heteroatoms. The van der Waals surface area contributed by atoms with Crippen molar-refractivity contribution in [1.29, 1.82) is 0 Å². The van der Waals surface area contributed by atoms with E-state index in [1.807, 2.05) is 18.7 Å². The Morgan fingerprint density at radius 3 is 2.21 bits per heavy atom. The maximum Gasteiger partial charge on any atom is 0.225 e. The highest BCUT2D eigenvalue weighted by Crippen LogP contribution is 2.29. The Labute approximate surface area is 85.4 Å². The molecular weight excluding hydrogens is 178 g/mol. The van der Waals surface area contributed by atoms with Crippen molar-refractivity contribution in [2.24, 2.45) is 5.92 Å². The Hall–Kier alpha value is -0.570. The van der Waals surface area contributed by atoms with Crippen LogP contribution in [0.25, 0.3) is 0 Å². The molecule has 2 rings (SSSR count). The second-order valence-electron chi connectivity index (χ2n) is 4.63. The minimum absolute atomic E-state index is 0.197. The highest BCUT2D eigenvalue weighted by molar-refractivity contribution is 5.79. The first-order valence-electron chi connectivity index (χ1n) is 5.61. The smallest absolute Gasteiger partial charge is 0.225 e. The van der Waals surface area contributed by atoms with Gasteiger partial charge in [-0.2, -0.15) is 0 Å². The Morgan fingerprint density at radius 1 is 1.21 bits per heavy atom. The van der Waals surface area contributed by atoms with Gasteiger partial charge < -0.3 is 9.64 Å². The van der Waals surface area contributed by atoms with Crippen LogP contribution in [0.5, 0.6) is 0 Å². The number of rotatable bonds is 1. The molecule has 0 aromatic heterocycles. The molecule has 0 radical (unpaired) electrons. The number of amides is 1. The zero-order valence-electron chi connectivity index (χ0n) is 9.03. The van der Waals surface area contributed by atoms with E-state index in [9.17, 15) is 4.79 Å². The van der Waals surface area contributed by atoms with Crippen LogP contribution in [-0.4, -0.2) is 36.1 Å². The standard InChI is InChI=1S/C11H19NO2/c1-8-6-12(7-9(2)14-8)11(13)10-4-3-5-10/h8-10H,3-7H2,1-2H3/t8-,9+. The van der Waals surface area contributed by atoms with Crippen LogP contribution >= 0.6 is 0 Å². The molecule has 14 heavy (non-hydrogen) atoms. The molecule has 1 saturated heterocycles. The van der Waals surface area contributed by atoms with Crippen LogP contribution in [0.4, 0.5) is 0 Å². The van der Waals surface area contributed by atoms with E-state index in [1.54, 1.807) is 0 Å². The summed E-state index contributed by atoms with van der Waals surface area (Å²) in [6.45, 7) is 5.63. The summed E-state index contributed by atoms with van der Waals surface area (Å²) >= 11 is 0. The SMILES string of the molecule is C[C@@H]1CN(C(=O)C2CCC2)C[C@H](C)O1. The van der Waals surface area contributed by atoms with Gasteiger partial charge in [0.15, 0.2) is 0 Å². The predicted molar refractivity (Wildman–Crippen MR) is 53.9 cm³/mol. The third-order valence-electron chi connectivity index (χ3n) is 3.19. The lowest BCUT2D eigenvalue weighted by molar-refractivity contribution is -0.149. The Kier molecular flexibility index (Phi) is 2.77. The van der Waals surface area contributed by atoms with Gasteiger partial charge in [-0.3, -0.25) is 4.79 Å². The molecule has 0 bridgehead atoms. The zero-order valence-corrected chi connectivity index (χ0v) is 9.03. The van der Waals surface area contributed by atoms with Gasteiger partial charge >= 0.3 is 0 Å². The van der Waals surface area contributed by atoms with Gasteiger partial charge in [-0.15, -0.1) is 0 Å². The minimum Gasteiger partial charge on any atom is -0.372 e. The predicted octanol–water partition coefficient (Wildman–Crippen LogP) is 1.42. The molecule has 1 heterocycles. The van der Waals surface area contributed by atoms with Crippen molar-refractivity contribution in [3.05, 3.63) is 0 Å². The molecule has 80 valence electrons. The quantitative estimate of drug-likeness (QED) is 0.636. The Balaban J connectivity index is 1.92. The van der Waals surface area contributed by atoms with Crippen molar-refractivity contribution in [1.82, 2.24) is 4.90 Å². The van der Waals surface area contributed by atoms with E-state index >= 15 is 0 Å². The van der Waals surface area contributed by atoms with Crippen LogP contribution in [-0.2, 0) is 9.53 Å². The normalized spacial score (nSPS) is 34.0. The van der Waals surface area contributed by atoms with Gasteiger partial charge in [0.05, 0.1) is 12.2 Å². The van der Waals surface area contributed by atoms with Gasteiger partial charge in [0.25, 0.3) is 0 Å². The molecule has 0 aromatic carbocycles. The van der Waals surface area contributed by atoms with Gasteiger partial charge in [-0.05, 0) is 26.7 Å². The molecule has 1 amide bonds. The summed E-state index contributed by atoms with van der Waals surface area (Å²) in [5, 5.41) is 0. The minimum atomic E-state index is 0.197. The fourth-order valence-electron chi connectivity index (χ4n) is 2.27. The van der Waals surface area contributed by atoms with Crippen molar-refractivity contribution >= 4 is 5.91 Å². The van der Waals surface area contributed by atoms with Crippen molar-refractivity contribution in [2.45, 2.75) is 45.3 Å². The molecule has 1 saturated carbocycles. The Morgan fingerprint density at radius 2 is 1.79 bits per heavy atom.